The van der Waals surface area contributed by atoms with Crippen molar-refractivity contribution in [1.82, 2.24) is 47.9 Å². The molecule has 608 valence electrons. The average molecular weight is 1620 g/mol. The van der Waals surface area contributed by atoms with Gasteiger partial charge >= 0.3 is 0 Å². The lowest BCUT2D eigenvalue weighted by atomic mass is 9.86. The summed E-state index contributed by atoms with van der Waals surface area (Å²) >= 11 is 14.3. The van der Waals surface area contributed by atoms with Gasteiger partial charge in [0.1, 0.15) is 95.5 Å². The zero-order valence-corrected chi connectivity index (χ0v) is 63.3. The molecular formula is C77H87Cl2N11O24. The number of hydrogen-bond donors (Lipinski definition) is 20. The molecule has 35 nitrogen and oxygen atoms in total. The van der Waals surface area contributed by atoms with E-state index in [0.717, 1.165) is 60.7 Å². The lowest BCUT2D eigenvalue weighted by Crippen LogP contribution is -2.64. The summed E-state index contributed by atoms with van der Waals surface area (Å²) in [6.07, 6.45) is -15.9. The highest BCUT2D eigenvalue weighted by Crippen LogP contribution is 2.50. The second-order valence-electron chi connectivity index (χ2n) is 28.7. The van der Waals surface area contributed by atoms with Gasteiger partial charge in [-0.25, -0.2) is 0 Å². The van der Waals surface area contributed by atoms with Gasteiger partial charge in [-0.2, -0.15) is 0 Å². The van der Waals surface area contributed by atoms with Crippen molar-refractivity contribution >= 4 is 82.4 Å². The number of rotatable bonds is 18. The van der Waals surface area contributed by atoms with Gasteiger partial charge in [0.05, 0.1) is 41.3 Å². The molecule has 0 radical (unpaired) electrons. The highest BCUT2D eigenvalue weighted by Gasteiger charge is 2.52. The smallest absolute Gasteiger partial charge is 0.248 e. The van der Waals surface area contributed by atoms with Crippen LogP contribution < -0.4 is 73.5 Å². The molecular weight excluding hydrogens is 1530 g/mol. The van der Waals surface area contributed by atoms with Crippen LogP contribution in [0.15, 0.2) is 115 Å². The minimum Gasteiger partial charge on any atom is -0.508 e. The van der Waals surface area contributed by atoms with Crippen LogP contribution in [-0.2, 0) is 57.4 Å². The normalized spacial score (nSPS) is 27.4. The maximum atomic E-state index is 16.2. The van der Waals surface area contributed by atoms with E-state index in [-0.39, 0.29) is 59.3 Å². The van der Waals surface area contributed by atoms with E-state index in [1.165, 1.54) is 45.2 Å². The third kappa shape index (κ3) is 19.0. The van der Waals surface area contributed by atoms with Gasteiger partial charge in [-0.05, 0) is 127 Å². The van der Waals surface area contributed by atoms with Gasteiger partial charge in [-0.3, -0.25) is 43.2 Å². The Hall–Kier alpha value is -10.8. The van der Waals surface area contributed by atoms with E-state index in [9.17, 15) is 69.9 Å². The third-order valence-corrected chi connectivity index (χ3v) is 20.3. The lowest BCUT2D eigenvalue weighted by Gasteiger charge is -2.47. The maximum absolute atomic E-state index is 16.2. The summed E-state index contributed by atoms with van der Waals surface area (Å²) in [5.41, 5.74) is 9.03. The maximum Gasteiger partial charge on any atom is 0.248 e. The van der Waals surface area contributed by atoms with Crippen molar-refractivity contribution in [2.45, 2.75) is 156 Å². The number of amides is 9. The Morgan fingerprint density at radius 2 is 1.32 bits per heavy atom. The molecule has 7 aliphatic heterocycles. The quantitative estimate of drug-likeness (QED) is 0.0421. The van der Waals surface area contributed by atoms with E-state index in [1.807, 2.05) is 13.8 Å². The van der Waals surface area contributed by atoms with Gasteiger partial charge in [0.15, 0.2) is 23.9 Å². The standard InChI is InChI=1S/C77H87Cl2N11O24/c1-32(2)21-44(82-5)69(102)89-60-62(97)36-13-16-48(42(78)23-36)110-50-25-38-26-51(66(50)114-76-67(65(100)64(99)52(31-91)112-76)113-55-30-77(4,81)68(101)33(3)109-55)111-49-17-14-37(24-43(49)79)63(98)61-75(108)88-59(71(104)84-20-19-83-54(96)18-11-34-9-7-6-8-10-34)41-27-39(92)28-47(94)56(41)40-22-35(12-15-46(40)93)57(72(105)90-61)87-73(106)58(38)86-70(103)45(29-53(80)95)85-74(60)107/h6-18,22-28,32-33,44-45,52,55,57-65,67-68,76,82,91-94,97-101H,19-21,29-31,81H2,1-5H3,(H2,80,95)(H,83,96)(H,84,104)(H,85,107)(H,86,103)(H,87,106)(H,88,108)(H,89,102)(H,90,105)/b18-11+/t33-,44+,45-,52+,55?,57+,58?,59?,60+,61-,62+,63+,64+,65-,67+,68+,76-,77-/m0/s1. The summed E-state index contributed by atoms with van der Waals surface area (Å²) in [7, 11) is 1.47. The molecule has 0 spiro atoms. The Bertz CT molecular complexity index is 4690. The van der Waals surface area contributed by atoms with Crippen molar-refractivity contribution in [3.63, 3.8) is 0 Å². The van der Waals surface area contributed by atoms with Crippen LogP contribution >= 0.6 is 23.2 Å². The number of carbonyl (C=O) groups excluding carboxylic acids is 9. The van der Waals surface area contributed by atoms with Crippen LogP contribution in [0.5, 0.6) is 46.0 Å². The van der Waals surface area contributed by atoms with Crippen molar-refractivity contribution < 1.29 is 118 Å². The fraction of sp³-hybridized carbons (Fsp3) is 0.390. The first-order valence-electron chi connectivity index (χ1n) is 36.1. The molecule has 2 fully saturated rings. The molecule has 0 aliphatic carbocycles. The number of aliphatic hydroxyl groups is 6. The van der Waals surface area contributed by atoms with E-state index in [4.69, 9.17) is 63.1 Å². The Kier molecular flexibility index (Phi) is 26.4. The number of hydrogen-bond acceptors (Lipinski definition) is 26. The van der Waals surface area contributed by atoms with Gasteiger partial charge in [0, 0.05) is 48.3 Å². The summed E-state index contributed by atoms with van der Waals surface area (Å²) in [4.78, 5) is 133. The Balaban J connectivity index is 1.11. The fourth-order valence-corrected chi connectivity index (χ4v) is 14.2. The third-order valence-electron chi connectivity index (χ3n) is 19.7. The lowest BCUT2D eigenvalue weighted by molar-refractivity contribution is -0.333. The molecule has 37 heteroatoms. The number of carbonyl (C=O) groups is 9. The van der Waals surface area contributed by atoms with Crippen LogP contribution in [0, 0.1) is 5.92 Å². The van der Waals surface area contributed by atoms with Crippen LogP contribution in [0.4, 0.5) is 0 Å². The van der Waals surface area contributed by atoms with Crippen LogP contribution in [0.1, 0.15) is 111 Å². The number of ether oxygens (including phenoxy) is 6. The SMILES string of the molecule is CN[C@H](CC(C)C)C(=O)N[C@H]1C(=O)N[C@@H](CC(N)=O)C(=O)NC2C(=O)N[C@H]3C(=O)N[C@H](C(=O)NC(C(=O)NCCNC(=O)/C=C/c4ccccc4)c4cc(O)cc(O)c4-c4cc3ccc4O)[C@H](O)c3ccc(c(Cl)c3)Oc3cc2cc(c3O[C@@H]2O[C@H](CO)[C@@H](O)[C@H](O)[C@H]2OC2C[C@](C)(N)[C@H](O)[C@H](C)O2)Oc2ccc(cc2Cl)[C@H]1O. The first-order chi connectivity index (χ1) is 54.1. The minimum atomic E-state index is -2.36. The number of aromatic hydroxyl groups is 3. The molecule has 18 atom stereocenters. The summed E-state index contributed by atoms with van der Waals surface area (Å²) in [5, 5.41) is 127. The van der Waals surface area contributed by atoms with Crippen LogP contribution in [0.25, 0.3) is 17.2 Å². The first kappa shape index (κ1) is 84.1. The molecule has 6 aromatic carbocycles. The Morgan fingerprint density at radius 3 is 1.94 bits per heavy atom. The monoisotopic (exact) mass is 1620 g/mol. The van der Waals surface area contributed by atoms with Crippen LogP contribution in [0.2, 0.25) is 10.0 Å². The minimum absolute atomic E-state index is 0.106. The van der Waals surface area contributed by atoms with Crippen molar-refractivity contribution in [3.05, 3.63) is 159 Å². The number of primary amides is 1. The van der Waals surface area contributed by atoms with Gasteiger partial charge < -0.3 is 134 Å². The molecule has 11 bridgehead atoms. The first-order valence-corrected chi connectivity index (χ1v) is 36.9. The van der Waals surface area contributed by atoms with Gasteiger partial charge in [0.25, 0.3) is 0 Å². The van der Waals surface area contributed by atoms with Crippen molar-refractivity contribution in [1.29, 1.82) is 0 Å². The Morgan fingerprint density at radius 1 is 0.693 bits per heavy atom. The Labute approximate surface area is 660 Å². The number of benzene rings is 6. The summed E-state index contributed by atoms with van der Waals surface area (Å²) < 4.78 is 38.6. The topological polar surface area (TPSA) is 551 Å². The molecule has 0 saturated carbocycles. The number of likely N-dealkylation sites (N-methyl/N-ethyl adjacent to an activating group) is 1. The molecule has 13 rings (SSSR count). The fourth-order valence-electron chi connectivity index (χ4n) is 13.8. The molecule has 3 unspecified atom stereocenters. The van der Waals surface area contributed by atoms with Crippen LogP contribution in [0.3, 0.4) is 0 Å². The number of nitrogens with one attached hydrogen (secondary N) is 9. The van der Waals surface area contributed by atoms with Crippen LogP contribution in [-0.4, -0.2) is 205 Å². The molecule has 6 aromatic rings. The number of aliphatic hydroxyl groups excluding tert-OH is 6. The molecule has 2 saturated heterocycles. The summed E-state index contributed by atoms with van der Waals surface area (Å²) in [6.45, 7) is 5.11. The van der Waals surface area contributed by atoms with E-state index >= 15 is 19.2 Å². The number of phenols is 3. The van der Waals surface area contributed by atoms with Crippen molar-refractivity contribution in [3.8, 4) is 57.1 Å². The predicted octanol–water partition coefficient (Wildman–Crippen LogP) is 0.967. The van der Waals surface area contributed by atoms with Crippen molar-refractivity contribution in [2.24, 2.45) is 17.4 Å². The number of fused-ring (bicyclic) bond motifs is 15. The van der Waals surface area contributed by atoms with Gasteiger partial charge in [-0.15, -0.1) is 0 Å². The highest BCUT2D eigenvalue weighted by atomic mass is 35.5. The number of nitrogens with two attached hydrogens (primary N) is 2. The largest absolute Gasteiger partial charge is 0.508 e. The van der Waals surface area contributed by atoms with E-state index in [0.29, 0.717) is 5.56 Å². The number of halogens is 2. The summed E-state index contributed by atoms with van der Waals surface area (Å²) in [5.74, 6) is -15.7. The second-order valence-corrected chi connectivity index (χ2v) is 29.5. The molecule has 9 amide bonds. The second kappa shape index (κ2) is 35.7. The van der Waals surface area contributed by atoms with E-state index in [1.54, 1.807) is 36.4 Å². The molecule has 114 heavy (non-hydrogen) atoms. The highest BCUT2D eigenvalue weighted by molar-refractivity contribution is 6.32. The molecule has 7 heterocycles. The number of phenolic OH excluding ortho intramolecular Hbond substituents is 3. The predicted molar refractivity (Wildman–Crippen MR) is 403 cm³/mol. The summed E-state index contributed by atoms with van der Waals surface area (Å²) in [6, 6.07) is 8.67. The van der Waals surface area contributed by atoms with E-state index in [2.05, 4.69) is 47.9 Å². The zero-order chi connectivity index (χ0) is 82.5. The van der Waals surface area contributed by atoms with Gasteiger partial charge in [-0.1, -0.05) is 85.6 Å². The molecule has 0 aromatic heterocycles. The molecule has 7 aliphatic rings. The average Bonchev–Trinajstić information content (AvgIpc) is 0.766. The van der Waals surface area contributed by atoms with Gasteiger partial charge in [0.2, 0.25) is 65.2 Å². The zero-order valence-electron chi connectivity index (χ0n) is 61.7. The van der Waals surface area contributed by atoms with E-state index < -0.39 is 243 Å². The molecule has 22 N–H and O–H groups in total. The van der Waals surface area contributed by atoms with Crippen molar-refractivity contribution in [2.75, 3.05) is 26.7 Å².